The maximum atomic E-state index is 9.42. The molecule has 84 valence electrons. The minimum absolute atomic E-state index is 0.219. The molecule has 0 spiro atoms. The Morgan fingerprint density at radius 1 is 1.44 bits per heavy atom. The molecule has 3 N–H and O–H groups in total. The quantitative estimate of drug-likeness (QED) is 0.827. The van der Waals surface area contributed by atoms with E-state index in [1.165, 1.54) is 0 Å². The Bertz CT molecular complexity index is 492. The number of phenolic OH excluding ortho intramolecular Hbond substituents is 1. The standard InChI is InChI=1S/C12H14N2O2/c1-2-10-12(14-11(7-13)16-10)8-4-3-5-9(15)6-8/h3-6,15H,2,7,13H2,1H3. The fourth-order valence-electron chi connectivity index (χ4n) is 1.61. The second-order valence-electron chi connectivity index (χ2n) is 3.49. The molecule has 0 aliphatic heterocycles. The third-order valence-corrected chi connectivity index (χ3v) is 2.36. The summed E-state index contributed by atoms with van der Waals surface area (Å²) in [5.74, 6) is 1.54. The van der Waals surface area contributed by atoms with Crippen molar-refractivity contribution in [2.75, 3.05) is 0 Å². The van der Waals surface area contributed by atoms with E-state index in [9.17, 15) is 5.11 Å². The molecule has 4 nitrogen and oxygen atoms in total. The van der Waals surface area contributed by atoms with Gasteiger partial charge in [0, 0.05) is 12.0 Å². The van der Waals surface area contributed by atoms with E-state index in [4.69, 9.17) is 10.2 Å². The van der Waals surface area contributed by atoms with Crippen LogP contribution in [0, 0.1) is 0 Å². The lowest BCUT2D eigenvalue weighted by atomic mass is 10.1. The van der Waals surface area contributed by atoms with Crippen LogP contribution in [0.15, 0.2) is 28.7 Å². The fraction of sp³-hybridized carbons (Fsp3) is 0.250. The Hall–Kier alpha value is -1.81. The van der Waals surface area contributed by atoms with Gasteiger partial charge in [-0.2, -0.15) is 0 Å². The smallest absolute Gasteiger partial charge is 0.208 e. The SMILES string of the molecule is CCc1oc(CN)nc1-c1cccc(O)c1. The number of nitrogens with zero attached hydrogens (tertiary/aromatic N) is 1. The van der Waals surface area contributed by atoms with Crippen LogP contribution in [0.5, 0.6) is 5.75 Å². The molecule has 1 heterocycles. The summed E-state index contributed by atoms with van der Waals surface area (Å²) in [5.41, 5.74) is 7.10. The number of aromatic nitrogens is 1. The first kappa shape index (κ1) is 10.7. The normalized spacial score (nSPS) is 10.6. The Balaban J connectivity index is 2.50. The molecule has 16 heavy (non-hydrogen) atoms. The molecule has 0 unspecified atom stereocenters. The number of phenols is 1. The fourth-order valence-corrected chi connectivity index (χ4v) is 1.61. The lowest BCUT2D eigenvalue weighted by Crippen LogP contribution is -1.95. The van der Waals surface area contributed by atoms with E-state index in [0.717, 1.165) is 23.4 Å². The third kappa shape index (κ3) is 1.92. The van der Waals surface area contributed by atoms with Crippen molar-refractivity contribution in [1.82, 2.24) is 4.98 Å². The predicted octanol–water partition coefficient (Wildman–Crippen LogP) is 2.07. The van der Waals surface area contributed by atoms with E-state index >= 15 is 0 Å². The number of aryl methyl sites for hydroxylation is 1. The largest absolute Gasteiger partial charge is 0.508 e. The van der Waals surface area contributed by atoms with Crippen molar-refractivity contribution in [2.24, 2.45) is 5.73 Å². The predicted molar refractivity (Wildman–Crippen MR) is 60.9 cm³/mol. The van der Waals surface area contributed by atoms with Crippen LogP contribution >= 0.6 is 0 Å². The summed E-state index contributed by atoms with van der Waals surface area (Å²) in [4.78, 5) is 4.31. The average molecular weight is 218 g/mol. The monoisotopic (exact) mass is 218 g/mol. The number of hydrogen-bond acceptors (Lipinski definition) is 4. The zero-order chi connectivity index (χ0) is 11.5. The van der Waals surface area contributed by atoms with Crippen LogP contribution in [-0.2, 0) is 13.0 Å². The lowest BCUT2D eigenvalue weighted by molar-refractivity contribution is 0.461. The summed E-state index contributed by atoms with van der Waals surface area (Å²) in [7, 11) is 0. The van der Waals surface area contributed by atoms with Gasteiger partial charge >= 0.3 is 0 Å². The highest BCUT2D eigenvalue weighted by Crippen LogP contribution is 2.26. The summed E-state index contributed by atoms with van der Waals surface area (Å²) in [6, 6.07) is 6.95. The van der Waals surface area contributed by atoms with Crippen molar-refractivity contribution in [1.29, 1.82) is 0 Å². The van der Waals surface area contributed by atoms with E-state index in [-0.39, 0.29) is 12.3 Å². The Labute approximate surface area is 93.7 Å². The molecule has 0 saturated heterocycles. The minimum atomic E-state index is 0.219. The molecule has 0 atom stereocenters. The molecule has 0 bridgehead atoms. The minimum Gasteiger partial charge on any atom is -0.508 e. The van der Waals surface area contributed by atoms with E-state index in [1.54, 1.807) is 18.2 Å². The average Bonchev–Trinajstić information content (AvgIpc) is 2.72. The van der Waals surface area contributed by atoms with E-state index in [2.05, 4.69) is 4.98 Å². The first-order valence-corrected chi connectivity index (χ1v) is 5.22. The van der Waals surface area contributed by atoms with Gasteiger partial charge in [-0.15, -0.1) is 0 Å². The molecule has 4 heteroatoms. The van der Waals surface area contributed by atoms with Crippen LogP contribution in [0.2, 0.25) is 0 Å². The number of aromatic hydroxyl groups is 1. The summed E-state index contributed by atoms with van der Waals surface area (Å²) in [6.07, 6.45) is 0.748. The van der Waals surface area contributed by atoms with Crippen LogP contribution < -0.4 is 5.73 Å². The maximum absolute atomic E-state index is 9.42. The highest BCUT2D eigenvalue weighted by Gasteiger charge is 2.12. The zero-order valence-corrected chi connectivity index (χ0v) is 9.10. The highest BCUT2D eigenvalue weighted by molar-refractivity contribution is 5.63. The molecule has 2 rings (SSSR count). The lowest BCUT2D eigenvalue weighted by Gasteiger charge is -1.99. The Morgan fingerprint density at radius 2 is 2.25 bits per heavy atom. The van der Waals surface area contributed by atoms with Crippen molar-refractivity contribution in [2.45, 2.75) is 19.9 Å². The van der Waals surface area contributed by atoms with Gasteiger partial charge in [0.05, 0.1) is 6.54 Å². The van der Waals surface area contributed by atoms with Gasteiger partial charge in [0.2, 0.25) is 5.89 Å². The van der Waals surface area contributed by atoms with Crippen molar-refractivity contribution in [3.63, 3.8) is 0 Å². The molecular formula is C12H14N2O2. The number of rotatable bonds is 3. The summed E-state index contributed by atoms with van der Waals surface area (Å²) < 4.78 is 5.49. The summed E-state index contributed by atoms with van der Waals surface area (Å²) in [6.45, 7) is 2.28. The van der Waals surface area contributed by atoms with Gasteiger partial charge in [-0.1, -0.05) is 19.1 Å². The van der Waals surface area contributed by atoms with Crippen LogP contribution in [0.4, 0.5) is 0 Å². The van der Waals surface area contributed by atoms with Gasteiger partial charge in [0.25, 0.3) is 0 Å². The van der Waals surface area contributed by atoms with Gasteiger partial charge in [0.1, 0.15) is 17.2 Å². The topological polar surface area (TPSA) is 72.3 Å². The van der Waals surface area contributed by atoms with E-state index in [0.29, 0.717) is 5.89 Å². The number of hydrogen-bond donors (Lipinski definition) is 2. The van der Waals surface area contributed by atoms with E-state index in [1.807, 2.05) is 13.0 Å². The highest BCUT2D eigenvalue weighted by atomic mass is 16.4. The Kier molecular flexibility index (Phi) is 2.92. The molecular weight excluding hydrogens is 204 g/mol. The maximum Gasteiger partial charge on any atom is 0.208 e. The molecule has 1 aromatic carbocycles. The number of benzene rings is 1. The van der Waals surface area contributed by atoms with Crippen molar-refractivity contribution in [3.8, 4) is 17.0 Å². The summed E-state index contributed by atoms with van der Waals surface area (Å²) in [5, 5.41) is 9.42. The first-order valence-electron chi connectivity index (χ1n) is 5.22. The first-order chi connectivity index (χ1) is 7.74. The van der Waals surface area contributed by atoms with Crippen molar-refractivity contribution < 1.29 is 9.52 Å². The van der Waals surface area contributed by atoms with Gasteiger partial charge < -0.3 is 15.3 Å². The Morgan fingerprint density at radius 3 is 2.88 bits per heavy atom. The third-order valence-electron chi connectivity index (χ3n) is 2.36. The van der Waals surface area contributed by atoms with E-state index < -0.39 is 0 Å². The zero-order valence-electron chi connectivity index (χ0n) is 9.10. The van der Waals surface area contributed by atoms with Crippen molar-refractivity contribution >= 4 is 0 Å². The molecule has 0 fully saturated rings. The molecule has 0 amide bonds. The number of nitrogens with two attached hydrogens (primary N) is 1. The van der Waals surface area contributed by atoms with Crippen LogP contribution in [0.1, 0.15) is 18.6 Å². The van der Waals surface area contributed by atoms with Crippen LogP contribution in [-0.4, -0.2) is 10.1 Å². The summed E-state index contributed by atoms with van der Waals surface area (Å²) >= 11 is 0. The molecule has 0 radical (unpaired) electrons. The van der Waals surface area contributed by atoms with Crippen LogP contribution in [0.3, 0.4) is 0 Å². The molecule has 0 aliphatic rings. The second-order valence-corrected chi connectivity index (χ2v) is 3.49. The van der Waals surface area contributed by atoms with Crippen LogP contribution in [0.25, 0.3) is 11.3 Å². The van der Waals surface area contributed by atoms with Gasteiger partial charge in [-0.3, -0.25) is 0 Å². The molecule has 1 aromatic heterocycles. The molecule has 0 saturated carbocycles. The van der Waals surface area contributed by atoms with Crippen molar-refractivity contribution in [3.05, 3.63) is 35.9 Å². The second kappa shape index (κ2) is 4.37. The number of oxazole rings is 1. The van der Waals surface area contributed by atoms with Gasteiger partial charge in [0.15, 0.2) is 0 Å². The molecule has 2 aromatic rings. The molecule has 0 aliphatic carbocycles. The van der Waals surface area contributed by atoms with Gasteiger partial charge in [-0.05, 0) is 12.1 Å². The van der Waals surface area contributed by atoms with Gasteiger partial charge in [-0.25, -0.2) is 4.98 Å².